The van der Waals surface area contributed by atoms with Gasteiger partial charge in [-0.3, -0.25) is 14.1 Å². The van der Waals surface area contributed by atoms with Gasteiger partial charge in [0.05, 0.1) is 18.6 Å². The molecule has 6 nitrogen and oxygen atoms in total. The summed E-state index contributed by atoms with van der Waals surface area (Å²) in [5.74, 6) is -1.85. The minimum atomic E-state index is -0.926. The van der Waals surface area contributed by atoms with Gasteiger partial charge in [-0.25, -0.2) is 8.78 Å². The Labute approximate surface area is 214 Å². The second kappa shape index (κ2) is 11.6. The van der Waals surface area contributed by atoms with E-state index in [4.69, 9.17) is 4.74 Å². The molecule has 37 heavy (non-hydrogen) atoms. The van der Waals surface area contributed by atoms with Gasteiger partial charge < -0.3 is 20.1 Å². The highest BCUT2D eigenvalue weighted by Gasteiger charge is 2.39. The van der Waals surface area contributed by atoms with Crippen LogP contribution in [-0.4, -0.2) is 59.9 Å². The predicted octanol–water partition coefficient (Wildman–Crippen LogP) is 5.14. The number of nitrogens with zero attached hydrogens (tertiary/aromatic N) is 1. The smallest absolute Gasteiger partial charge is 0.307 e. The normalized spacial score (nSPS) is 18.6. The maximum absolute atomic E-state index is 15.6. The molecule has 1 aliphatic rings. The van der Waals surface area contributed by atoms with Crippen LogP contribution in [-0.2, 0) is 11.2 Å². The topological polar surface area (TPSA) is 77.6 Å². The van der Waals surface area contributed by atoms with Crippen molar-refractivity contribution in [3.05, 3.63) is 64.4 Å². The molecule has 3 atom stereocenters. The molecular weight excluding hydrogens is 483 g/mol. The van der Waals surface area contributed by atoms with Crippen LogP contribution in [0.2, 0.25) is 0 Å². The molecule has 0 spiro atoms. The van der Waals surface area contributed by atoms with Crippen LogP contribution in [0.1, 0.15) is 48.7 Å². The number of carbonyl (C=O) groups is 1. The third-order valence-corrected chi connectivity index (χ3v) is 7.19. The average molecular weight is 518 g/mol. The SMILES string of the molecule is Cc1c(OCCNCCCF)ccc(F)c1[C@H]1c2[nH]c3ccc(F)cc3c2C[C@@H](C)N1C[C@@H](C)C(=O)O. The highest BCUT2D eigenvalue weighted by Crippen LogP contribution is 2.44. The van der Waals surface area contributed by atoms with Crippen LogP contribution in [0, 0.1) is 24.5 Å². The van der Waals surface area contributed by atoms with Crippen molar-refractivity contribution >= 4 is 16.9 Å². The molecule has 0 unspecified atom stereocenters. The average Bonchev–Trinajstić information content (AvgIpc) is 3.21. The zero-order valence-corrected chi connectivity index (χ0v) is 21.4. The number of fused-ring (bicyclic) bond motifs is 3. The summed E-state index contributed by atoms with van der Waals surface area (Å²) in [6.45, 7) is 6.65. The van der Waals surface area contributed by atoms with Crippen LogP contribution < -0.4 is 10.1 Å². The van der Waals surface area contributed by atoms with Gasteiger partial charge in [0.15, 0.2) is 0 Å². The molecule has 2 heterocycles. The second-order valence-corrected chi connectivity index (χ2v) is 9.82. The fourth-order valence-electron chi connectivity index (χ4n) is 5.23. The van der Waals surface area contributed by atoms with E-state index >= 15 is 4.39 Å². The van der Waals surface area contributed by atoms with Gasteiger partial charge in [0.25, 0.3) is 0 Å². The van der Waals surface area contributed by atoms with Crippen LogP contribution in [0.3, 0.4) is 0 Å². The Balaban J connectivity index is 1.77. The molecule has 200 valence electrons. The van der Waals surface area contributed by atoms with Gasteiger partial charge in [-0.05, 0) is 74.7 Å². The summed E-state index contributed by atoms with van der Waals surface area (Å²) in [5.41, 5.74) is 3.42. The van der Waals surface area contributed by atoms with E-state index in [0.29, 0.717) is 49.4 Å². The summed E-state index contributed by atoms with van der Waals surface area (Å²) in [4.78, 5) is 17.2. The lowest BCUT2D eigenvalue weighted by molar-refractivity contribution is -0.142. The maximum atomic E-state index is 15.6. The molecule has 0 aliphatic carbocycles. The van der Waals surface area contributed by atoms with Crippen LogP contribution >= 0.6 is 0 Å². The summed E-state index contributed by atoms with van der Waals surface area (Å²) < 4.78 is 48.0. The van der Waals surface area contributed by atoms with Crippen LogP contribution in [0.15, 0.2) is 30.3 Å². The van der Waals surface area contributed by atoms with Crippen molar-refractivity contribution < 1.29 is 27.8 Å². The van der Waals surface area contributed by atoms with Crippen molar-refractivity contribution in [2.24, 2.45) is 5.92 Å². The Morgan fingerprint density at radius 2 is 2.05 bits per heavy atom. The van der Waals surface area contributed by atoms with Gasteiger partial charge in [0, 0.05) is 41.3 Å². The number of aliphatic carboxylic acids is 1. The molecule has 3 N–H and O–H groups in total. The molecule has 3 aromatic rings. The highest BCUT2D eigenvalue weighted by atomic mass is 19.1. The number of rotatable bonds is 11. The molecule has 0 saturated heterocycles. The highest BCUT2D eigenvalue weighted by molar-refractivity contribution is 5.85. The van der Waals surface area contributed by atoms with E-state index in [2.05, 4.69) is 10.3 Å². The zero-order valence-electron chi connectivity index (χ0n) is 21.4. The molecule has 1 aromatic heterocycles. The molecule has 4 rings (SSSR count). The molecule has 0 bridgehead atoms. The monoisotopic (exact) mass is 517 g/mol. The molecule has 0 fully saturated rings. The van der Waals surface area contributed by atoms with Crippen molar-refractivity contribution in [2.45, 2.75) is 45.7 Å². The van der Waals surface area contributed by atoms with Gasteiger partial charge in [0.1, 0.15) is 24.0 Å². The van der Waals surface area contributed by atoms with Crippen LogP contribution in [0.4, 0.5) is 13.2 Å². The molecule has 2 aromatic carbocycles. The van der Waals surface area contributed by atoms with Gasteiger partial charge in [0.2, 0.25) is 0 Å². The number of aromatic amines is 1. The molecule has 9 heteroatoms. The molecule has 0 radical (unpaired) electrons. The quantitative estimate of drug-likeness (QED) is 0.307. The lowest BCUT2D eigenvalue weighted by Gasteiger charge is -2.42. The summed E-state index contributed by atoms with van der Waals surface area (Å²) in [6, 6.07) is 6.78. The summed E-state index contributed by atoms with van der Waals surface area (Å²) in [5, 5.41) is 13.5. The molecule has 0 amide bonds. The second-order valence-electron chi connectivity index (χ2n) is 9.82. The molecule has 1 aliphatic heterocycles. The van der Waals surface area contributed by atoms with Crippen molar-refractivity contribution in [3.63, 3.8) is 0 Å². The number of H-pyrrole nitrogens is 1. The summed E-state index contributed by atoms with van der Waals surface area (Å²) in [7, 11) is 0. The van der Waals surface area contributed by atoms with Crippen LogP contribution in [0.25, 0.3) is 10.9 Å². The van der Waals surface area contributed by atoms with E-state index in [1.54, 1.807) is 26.0 Å². The number of carboxylic acid groups (broad SMARTS) is 1. The minimum absolute atomic E-state index is 0.121. The zero-order chi connectivity index (χ0) is 26.7. The molecular formula is C28H34F3N3O3. The van der Waals surface area contributed by atoms with E-state index in [0.717, 1.165) is 22.2 Å². The Kier molecular flexibility index (Phi) is 8.44. The van der Waals surface area contributed by atoms with Crippen molar-refractivity contribution in [3.8, 4) is 5.75 Å². The van der Waals surface area contributed by atoms with Crippen molar-refractivity contribution in [1.29, 1.82) is 0 Å². The standard InChI is InChI=1S/C28H34F3N3O3/c1-16(28(35)36)15-34-17(2)13-21-20-14-19(30)5-7-23(20)33-26(21)27(34)25-18(3)24(8-6-22(25)31)37-12-11-32-10-4-9-29/h5-8,14,16-17,27,32-33H,4,9-13,15H2,1-3H3,(H,35,36)/t16-,17-,27+/m1/s1. The predicted molar refractivity (Wildman–Crippen MR) is 137 cm³/mol. The first-order valence-corrected chi connectivity index (χ1v) is 12.7. The first-order chi connectivity index (χ1) is 17.7. The summed E-state index contributed by atoms with van der Waals surface area (Å²) >= 11 is 0. The van der Waals surface area contributed by atoms with E-state index in [9.17, 15) is 18.7 Å². The van der Waals surface area contributed by atoms with Gasteiger partial charge >= 0.3 is 5.97 Å². The number of alkyl halides is 1. The Morgan fingerprint density at radius 1 is 1.27 bits per heavy atom. The van der Waals surface area contributed by atoms with Gasteiger partial charge in [-0.2, -0.15) is 0 Å². The number of carboxylic acids is 1. The first kappa shape index (κ1) is 27.0. The van der Waals surface area contributed by atoms with E-state index < -0.39 is 23.7 Å². The summed E-state index contributed by atoms with van der Waals surface area (Å²) in [6.07, 6.45) is 1.00. The van der Waals surface area contributed by atoms with Crippen molar-refractivity contribution in [1.82, 2.24) is 15.2 Å². The van der Waals surface area contributed by atoms with Crippen molar-refractivity contribution in [2.75, 3.05) is 32.9 Å². The van der Waals surface area contributed by atoms with E-state index in [1.165, 1.54) is 18.2 Å². The number of aromatic nitrogens is 1. The fraction of sp³-hybridized carbons (Fsp3) is 0.464. The number of nitrogens with one attached hydrogen (secondary N) is 2. The number of halogens is 3. The lowest BCUT2D eigenvalue weighted by atomic mass is 9.85. The third-order valence-electron chi connectivity index (χ3n) is 7.19. The van der Waals surface area contributed by atoms with E-state index in [-0.39, 0.29) is 25.1 Å². The Hall–Kier alpha value is -3.04. The lowest BCUT2D eigenvalue weighted by Crippen LogP contribution is -2.46. The number of benzene rings is 2. The Bertz CT molecular complexity index is 1260. The number of ether oxygens (including phenoxy) is 1. The number of hydrogen-bond donors (Lipinski definition) is 3. The maximum Gasteiger partial charge on any atom is 0.307 e. The number of hydrogen-bond acceptors (Lipinski definition) is 4. The largest absolute Gasteiger partial charge is 0.492 e. The van der Waals surface area contributed by atoms with Crippen LogP contribution in [0.5, 0.6) is 5.75 Å². The minimum Gasteiger partial charge on any atom is -0.492 e. The first-order valence-electron chi connectivity index (χ1n) is 12.7. The van der Waals surface area contributed by atoms with E-state index in [1.807, 2.05) is 11.8 Å². The third kappa shape index (κ3) is 5.62. The van der Waals surface area contributed by atoms with Gasteiger partial charge in [-0.1, -0.05) is 6.92 Å². The Morgan fingerprint density at radius 3 is 2.78 bits per heavy atom. The molecule has 0 saturated carbocycles. The fourth-order valence-corrected chi connectivity index (χ4v) is 5.23. The van der Waals surface area contributed by atoms with Gasteiger partial charge in [-0.15, -0.1) is 0 Å².